The molecule has 3 aromatic heterocycles. The van der Waals surface area contributed by atoms with Gasteiger partial charge in [-0.05, 0) is 76.9 Å². The second-order valence-electron chi connectivity index (χ2n) is 13.5. The number of thiophene rings is 1. The molecule has 0 saturated carbocycles. The van der Waals surface area contributed by atoms with Crippen molar-refractivity contribution in [1.29, 1.82) is 0 Å². The first-order valence-electron chi connectivity index (χ1n) is 18.4. The van der Waals surface area contributed by atoms with Crippen molar-refractivity contribution in [3.05, 3.63) is 182 Å². The van der Waals surface area contributed by atoms with Crippen LogP contribution in [0.4, 0.5) is 0 Å². The summed E-state index contributed by atoms with van der Waals surface area (Å²) in [4.78, 5) is 15.7. The number of aromatic nitrogens is 3. The van der Waals surface area contributed by atoms with Gasteiger partial charge in [0.1, 0.15) is 11.2 Å². The van der Waals surface area contributed by atoms with Crippen molar-refractivity contribution in [1.82, 2.24) is 15.0 Å². The zero-order valence-electron chi connectivity index (χ0n) is 30.0. The average molecular weight is 724 g/mol. The van der Waals surface area contributed by atoms with Crippen molar-refractivity contribution < 1.29 is 4.42 Å². The lowest BCUT2D eigenvalue weighted by Crippen LogP contribution is -2.00. The van der Waals surface area contributed by atoms with Crippen LogP contribution in [0.15, 0.2) is 180 Å². The minimum absolute atomic E-state index is 0.599. The largest absolute Gasteiger partial charge is 0.456 e. The fourth-order valence-electron chi connectivity index (χ4n) is 7.46. The van der Waals surface area contributed by atoms with Crippen molar-refractivity contribution in [3.63, 3.8) is 0 Å². The van der Waals surface area contributed by atoms with E-state index in [0.29, 0.717) is 17.5 Å². The topological polar surface area (TPSA) is 51.8 Å². The Labute approximate surface area is 322 Å². The van der Waals surface area contributed by atoms with Crippen LogP contribution < -0.4 is 0 Å². The SMILES string of the molecule is C\C=C/C=C\C=C\c1cccc(-c2ccc3oc4cccc(-c5nc(-c6ccc7ccccc7c6)nc(-c6cccc7sc8ccccc8c67)n5)c4c3c2)c1. The highest BCUT2D eigenvalue weighted by atomic mass is 32.1. The van der Waals surface area contributed by atoms with E-state index in [1.54, 1.807) is 11.3 Å². The van der Waals surface area contributed by atoms with E-state index in [1.807, 2.05) is 43.4 Å². The van der Waals surface area contributed by atoms with Gasteiger partial charge in [0.25, 0.3) is 0 Å². The lowest BCUT2D eigenvalue weighted by molar-refractivity contribution is 0.669. The molecule has 3 heterocycles. The summed E-state index contributed by atoms with van der Waals surface area (Å²) in [6, 6.07) is 50.9. The fraction of sp³-hybridized carbons (Fsp3) is 0.0200. The van der Waals surface area contributed by atoms with Crippen molar-refractivity contribution >= 4 is 70.3 Å². The lowest BCUT2D eigenvalue weighted by Gasteiger charge is -2.11. The average Bonchev–Trinajstić information content (AvgIpc) is 3.82. The van der Waals surface area contributed by atoms with E-state index < -0.39 is 0 Å². The standard InChI is InChI=1S/C50H33N3OS/c1-2-3-4-5-6-14-32-15-11-18-34(29-32)36-27-28-42-41(31-36)46-39(20-12-22-43(46)54-42)49-51-48(37-26-25-33-16-7-8-17-35(33)30-37)52-50(53-49)40-21-13-24-45-47(40)38-19-9-10-23-44(38)55-45/h2-31H,1H3/b3-2-,5-4-,14-6+. The van der Waals surface area contributed by atoms with E-state index in [9.17, 15) is 0 Å². The molecule has 4 nitrogen and oxygen atoms in total. The van der Waals surface area contributed by atoms with Gasteiger partial charge in [0.15, 0.2) is 17.5 Å². The minimum atomic E-state index is 0.599. The van der Waals surface area contributed by atoms with Gasteiger partial charge in [-0.15, -0.1) is 11.3 Å². The Morgan fingerprint density at radius 1 is 0.473 bits per heavy atom. The van der Waals surface area contributed by atoms with E-state index in [0.717, 1.165) is 66.1 Å². The van der Waals surface area contributed by atoms with Gasteiger partial charge >= 0.3 is 0 Å². The lowest BCUT2D eigenvalue weighted by atomic mass is 9.99. The molecule has 0 amide bonds. The van der Waals surface area contributed by atoms with E-state index in [2.05, 4.69) is 146 Å². The van der Waals surface area contributed by atoms with E-state index in [1.165, 1.54) is 20.2 Å². The zero-order chi connectivity index (χ0) is 36.7. The Morgan fingerprint density at radius 2 is 1.18 bits per heavy atom. The molecule has 10 aromatic rings. The van der Waals surface area contributed by atoms with Crippen LogP contribution in [0.5, 0.6) is 0 Å². The minimum Gasteiger partial charge on any atom is -0.456 e. The summed E-state index contributed by atoms with van der Waals surface area (Å²) in [6.45, 7) is 2.01. The monoisotopic (exact) mass is 723 g/mol. The number of furan rings is 1. The number of fused-ring (bicyclic) bond motifs is 7. The Balaban J connectivity index is 1.17. The van der Waals surface area contributed by atoms with Crippen LogP contribution in [0.3, 0.4) is 0 Å². The van der Waals surface area contributed by atoms with Crippen LogP contribution >= 0.6 is 11.3 Å². The van der Waals surface area contributed by atoms with Gasteiger partial charge in [0.05, 0.1) is 0 Å². The van der Waals surface area contributed by atoms with E-state index >= 15 is 0 Å². The molecule has 55 heavy (non-hydrogen) atoms. The summed E-state index contributed by atoms with van der Waals surface area (Å²) in [5.41, 5.74) is 7.78. The summed E-state index contributed by atoms with van der Waals surface area (Å²) in [5.74, 6) is 1.86. The quantitative estimate of drug-likeness (QED) is 0.154. The summed E-state index contributed by atoms with van der Waals surface area (Å²) < 4.78 is 8.93. The first kappa shape index (κ1) is 32.7. The first-order valence-corrected chi connectivity index (χ1v) is 19.2. The maximum absolute atomic E-state index is 6.49. The second-order valence-corrected chi connectivity index (χ2v) is 14.6. The first-order chi connectivity index (χ1) is 27.2. The van der Waals surface area contributed by atoms with Gasteiger partial charge in [0.2, 0.25) is 0 Å². The predicted molar refractivity (Wildman–Crippen MR) is 232 cm³/mol. The Hall–Kier alpha value is -6.95. The van der Waals surface area contributed by atoms with Gasteiger partial charge in [0, 0.05) is 47.6 Å². The molecular weight excluding hydrogens is 691 g/mol. The van der Waals surface area contributed by atoms with Crippen molar-refractivity contribution in [3.8, 4) is 45.3 Å². The molecule has 0 bridgehead atoms. The molecule has 0 N–H and O–H groups in total. The molecule has 7 aromatic carbocycles. The number of rotatable bonds is 7. The number of hydrogen-bond donors (Lipinski definition) is 0. The summed E-state index contributed by atoms with van der Waals surface area (Å²) in [6.07, 6.45) is 12.3. The molecule has 0 unspecified atom stereocenters. The highest BCUT2D eigenvalue weighted by Gasteiger charge is 2.20. The van der Waals surface area contributed by atoms with Crippen LogP contribution in [0.1, 0.15) is 12.5 Å². The molecule has 260 valence electrons. The van der Waals surface area contributed by atoms with Crippen LogP contribution in [-0.2, 0) is 0 Å². The van der Waals surface area contributed by atoms with Crippen LogP contribution in [0, 0.1) is 0 Å². The smallest absolute Gasteiger partial charge is 0.164 e. The Bertz CT molecular complexity index is 3180. The predicted octanol–water partition coefficient (Wildman–Crippen LogP) is 14.1. The molecule has 0 radical (unpaired) electrons. The Morgan fingerprint density at radius 3 is 2.07 bits per heavy atom. The maximum atomic E-state index is 6.49. The van der Waals surface area contributed by atoms with Crippen LogP contribution in [-0.4, -0.2) is 15.0 Å². The molecule has 0 fully saturated rings. The molecule has 0 saturated heterocycles. The Kier molecular flexibility index (Phi) is 8.20. The summed E-state index contributed by atoms with van der Waals surface area (Å²) >= 11 is 1.79. The number of hydrogen-bond acceptors (Lipinski definition) is 5. The highest BCUT2D eigenvalue weighted by molar-refractivity contribution is 7.25. The van der Waals surface area contributed by atoms with Gasteiger partial charge in [-0.1, -0.05) is 140 Å². The third kappa shape index (κ3) is 6.01. The number of benzene rings is 7. The van der Waals surface area contributed by atoms with Crippen molar-refractivity contribution in [2.45, 2.75) is 6.92 Å². The number of allylic oxidation sites excluding steroid dienone is 5. The number of nitrogens with zero attached hydrogens (tertiary/aromatic N) is 3. The van der Waals surface area contributed by atoms with Gasteiger partial charge < -0.3 is 4.42 Å². The third-order valence-corrected chi connectivity index (χ3v) is 11.2. The van der Waals surface area contributed by atoms with Gasteiger partial charge in [-0.2, -0.15) is 0 Å². The second kappa shape index (κ2) is 13.8. The summed E-state index contributed by atoms with van der Waals surface area (Å²) in [5, 5.41) is 6.65. The van der Waals surface area contributed by atoms with Crippen LogP contribution in [0.2, 0.25) is 0 Å². The zero-order valence-corrected chi connectivity index (χ0v) is 30.8. The maximum Gasteiger partial charge on any atom is 0.164 e. The molecule has 0 aliphatic carbocycles. The normalized spacial score (nSPS) is 12.2. The van der Waals surface area contributed by atoms with E-state index in [-0.39, 0.29) is 0 Å². The highest BCUT2D eigenvalue weighted by Crippen LogP contribution is 2.41. The van der Waals surface area contributed by atoms with Gasteiger partial charge in [-0.25, -0.2) is 15.0 Å². The third-order valence-electron chi connectivity index (χ3n) is 10.1. The molecule has 0 aliphatic rings. The van der Waals surface area contributed by atoms with Crippen LogP contribution in [0.25, 0.3) is 104 Å². The summed E-state index contributed by atoms with van der Waals surface area (Å²) in [7, 11) is 0. The molecule has 10 rings (SSSR count). The molecule has 0 atom stereocenters. The fourth-order valence-corrected chi connectivity index (χ4v) is 8.59. The van der Waals surface area contributed by atoms with Gasteiger partial charge in [-0.3, -0.25) is 0 Å². The molecule has 5 heteroatoms. The molecule has 0 spiro atoms. The molecule has 0 aliphatic heterocycles. The van der Waals surface area contributed by atoms with Crippen molar-refractivity contribution in [2.75, 3.05) is 0 Å². The molecular formula is C50H33N3OS. The van der Waals surface area contributed by atoms with E-state index in [4.69, 9.17) is 19.4 Å². The van der Waals surface area contributed by atoms with Crippen molar-refractivity contribution in [2.24, 2.45) is 0 Å².